The third-order valence-corrected chi connectivity index (χ3v) is 2.34. The van der Waals surface area contributed by atoms with Crippen molar-refractivity contribution in [3.05, 3.63) is 23.8 Å². The van der Waals surface area contributed by atoms with Gasteiger partial charge in [-0.3, -0.25) is 9.63 Å². The number of halogens is 2. The Kier molecular flexibility index (Phi) is 5.50. The molecule has 0 atom stereocenters. The first-order valence-electron chi connectivity index (χ1n) is 5.41. The zero-order valence-electron chi connectivity index (χ0n) is 10.9. The minimum absolute atomic E-state index is 0.0285. The van der Waals surface area contributed by atoms with Gasteiger partial charge in [0.1, 0.15) is 6.61 Å². The van der Waals surface area contributed by atoms with Gasteiger partial charge in [-0.1, -0.05) is 6.07 Å². The molecule has 0 heterocycles. The van der Waals surface area contributed by atoms with E-state index >= 15 is 0 Å². The van der Waals surface area contributed by atoms with Gasteiger partial charge in [0.15, 0.2) is 11.5 Å². The minimum atomic E-state index is -2.65. The second-order valence-corrected chi connectivity index (χ2v) is 3.52. The quantitative estimate of drug-likeness (QED) is 0.745. The standard InChI is InChI=1S/C12H15F2NO4/c1-15(18-3)12(16)8-5-4-6-9(17-2)11(8)19-7-10(13)14/h4-6,10H,7H2,1-3H3. The number of hydrogen-bond donors (Lipinski definition) is 0. The fraction of sp³-hybridized carbons (Fsp3) is 0.417. The van der Waals surface area contributed by atoms with Gasteiger partial charge in [0.05, 0.1) is 19.8 Å². The lowest BCUT2D eigenvalue weighted by molar-refractivity contribution is -0.0759. The number of hydrogen-bond acceptors (Lipinski definition) is 4. The number of nitrogens with zero attached hydrogens (tertiary/aromatic N) is 1. The number of rotatable bonds is 6. The highest BCUT2D eigenvalue weighted by Gasteiger charge is 2.21. The SMILES string of the molecule is COc1cccc(C(=O)N(C)OC)c1OCC(F)F. The van der Waals surface area contributed by atoms with Crippen LogP contribution in [0.25, 0.3) is 0 Å². The van der Waals surface area contributed by atoms with Gasteiger partial charge in [0.25, 0.3) is 12.3 Å². The van der Waals surface area contributed by atoms with Crippen molar-refractivity contribution >= 4 is 5.91 Å². The number of alkyl halides is 2. The summed E-state index contributed by atoms with van der Waals surface area (Å²) >= 11 is 0. The molecule has 1 aromatic carbocycles. The van der Waals surface area contributed by atoms with E-state index in [-0.39, 0.29) is 17.1 Å². The van der Waals surface area contributed by atoms with Gasteiger partial charge in [-0.25, -0.2) is 13.8 Å². The number of carbonyl (C=O) groups excluding carboxylic acids is 1. The Bertz CT molecular complexity index is 440. The summed E-state index contributed by atoms with van der Waals surface area (Å²) in [4.78, 5) is 16.7. The van der Waals surface area contributed by atoms with Crippen LogP contribution < -0.4 is 9.47 Å². The maximum atomic E-state index is 12.2. The number of hydroxylamine groups is 2. The summed E-state index contributed by atoms with van der Waals surface area (Å²) in [6, 6.07) is 4.52. The molecule has 0 N–H and O–H groups in total. The Labute approximate surface area is 109 Å². The molecule has 0 aliphatic heterocycles. The van der Waals surface area contributed by atoms with Crippen LogP contribution in [0.5, 0.6) is 11.5 Å². The second-order valence-electron chi connectivity index (χ2n) is 3.52. The molecule has 0 aromatic heterocycles. The van der Waals surface area contributed by atoms with E-state index in [2.05, 4.69) is 0 Å². The van der Waals surface area contributed by atoms with E-state index in [4.69, 9.17) is 14.3 Å². The lowest BCUT2D eigenvalue weighted by Gasteiger charge is -2.18. The Balaban J connectivity index is 3.11. The van der Waals surface area contributed by atoms with E-state index in [1.807, 2.05) is 0 Å². The molecule has 0 saturated heterocycles. The van der Waals surface area contributed by atoms with Gasteiger partial charge < -0.3 is 9.47 Å². The maximum absolute atomic E-state index is 12.2. The molecule has 0 unspecified atom stereocenters. The summed E-state index contributed by atoms with van der Waals surface area (Å²) in [5.41, 5.74) is 0.0874. The molecule has 0 aliphatic carbocycles. The van der Waals surface area contributed by atoms with Gasteiger partial charge in [-0.2, -0.15) is 0 Å². The number of ether oxygens (including phenoxy) is 2. The first-order chi connectivity index (χ1) is 9.01. The number of carbonyl (C=O) groups is 1. The van der Waals surface area contributed by atoms with Crippen molar-refractivity contribution in [2.75, 3.05) is 27.9 Å². The molecular formula is C12H15F2NO4. The van der Waals surface area contributed by atoms with Gasteiger partial charge in [-0.15, -0.1) is 0 Å². The molecule has 19 heavy (non-hydrogen) atoms. The zero-order valence-corrected chi connectivity index (χ0v) is 10.9. The van der Waals surface area contributed by atoms with E-state index in [1.54, 1.807) is 6.07 Å². The van der Waals surface area contributed by atoms with E-state index in [0.29, 0.717) is 0 Å². The Morgan fingerprint density at radius 3 is 2.58 bits per heavy atom. The van der Waals surface area contributed by atoms with Gasteiger partial charge in [0, 0.05) is 7.05 Å². The first kappa shape index (κ1) is 15.2. The highest BCUT2D eigenvalue weighted by atomic mass is 19.3. The maximum Gasteiger partial charge on any atom is 0.281 e. The highest BCUT2D eigenvalue weighted by molar-refractivity contribution is 5.97. The largest absolute Gasteiger partial charge is 0.493 e. The summed E-state index contributed by atoms with van der Waals surface area (Å²) in [6.45, 7) is -0.822. The smallest absolute Gasteiger partial charge is 0.281 e. The van der Waals surface area contributed by atoms with Gasteiger partial charge in [-0.05, 0) is 12.1 Å². The molecule has 5 nitrogen and oxygen atoms in total. The summed E-state index contributed by atoms with van der Waals surface area (Å²) in [7, 11) is 4.08. The molecule has 0 spiro atoms. The van der Waals surface area contributed by atoms with Crippen molar-refractivity contribution in [1.82, 2.24) is 5.06 Å². The summed E-state index contributed by atoms with van der Waals surface area (Å²) < 4.78 is 34.4. The normalized spacial score (nSPS) is 10.4. The van der Waals surface area contributed by atoms with Crippen molar-refractivity contribution in [2.24, 2.45) is 0 Å². The van der Waals surface area contributed by atoms with Crippen molar-refractivity contribution in [3.8, 4) is 11.5 Å². The Morgan fingerprint density at radius 2 is 2.05 bits per heavy atom. The van der Waals surface area contributed by atoms with E-state index in [0.717, 1.165) is 5.06 Å². The summed E-state index contributed by atoms with van der Waals surface area (Å²) in [5, 5.41) is 0.962. The van der Waals surface area contributed by atoms with Crippen molar-refractivity contribution < 1.29 is 27.9 Å². The molecule has 0 aliphatic rings. The number of benzene rings is 1. The summed E-state index contributed by atoms with van der Waals surface area (Å²) in [5.74, 6) is -0.346. The van der Waals surface area contributed by atoms with Crippen molar-refractivity contribution in [3.63, 3.8) is 0 Å². The molecule has 106 valence electrons. The van der Waals surface area contributed by atoms with Gasteiger partial charge in [0.2, 0.25) is 0 Å². The molecule has 7 heteroatoms. The monoisotopic (exact) mass is 275 g/mol. The predicted molar refractivity (Wildman–Crippen MR) is 63.6 cm³/mol. The number of methoxy groups -OCH3 is 1. The van der Waals surface area contributed by atoms with Crippen molar-refractivity contribution in [1.29, 1.82) is 0 Å². The molecule has 0 fully saturated rings. The third-order valence-electron chi connectivity index (χ3n) is 2.34. The number of para-hydroxylation sites is 1. The van der Waals surface area contributed by atoms with Crippen LogP contribution in [0.3, 0.4) is 0 Å². The predicted octanol–water partition coefficient (Wildman–Crippen LogP) is 1.97. The molecule has 0 radical (unpaired) electrons. The fourth-order valence-corrected chi connectivity index (χ4v) is 1.39. The first-order valence-corrected chi connectivity index (χ1v) is 5.41. The highest BCUT2D eigenvalue weighted by Crippen LogP contribution is 2.32. The fourth-order valence-electron chi connectivity index (χ4n) is 1.39. The summed E-state index contributed by atoms with van der Waals surface area (Å²) in [6.07, 6.45) is -2.65. The topological polar surface area (TPSA) is 48.0 Å². The lowest BCUT2D eigenvalue weighted by Crippen LogP contribution is -2.26. The molecule has 0 saturated carbocycles. The minimum Gasteiger partial charge on any atom is -0.493 e. The van der Waals surface area contributed by atoms with E-state index in [9.17, 15) is 13.6 Å². The molecular weight excluding hydrogens is 260 g/mol. The Morgan fingerprint density at radius 1 is 1.37 bits per heavy atom. The molecule has 0 bridgehead atoms. The van der Waals surface area contributed by atoms with Crippen LogP contribution in [0.15, 0.2) is 18.2 Å². The lowest BCUT2D eigenvalue weighted by atomic mass is 10.1. The van der Waals surface area contributed by atoms with Crippen LogP contribution in [-0.2, 0) is 4.84 Å². The average molecular weight is 275 g/mol. The van der Waals surface area contributed by atoms with Crippen LogP contribution in [0.1, 0.15) is 10.4 Å². The van der Waals surface area contributed by atoms with Crippen molar-refractivity contribution in [2.45, 2.75) is 6.43 Å². The zero-order chi connectivity index (χ0) is 14.4. The molecule has 1 amide bonds. The van der Waals surface area contributed by atoms with Crippen LogP contribution in [0.4, 0.5) is 8.78 Å². The second kappa shape index (κ2) is 6.89. The van der Waals surface area contributed by atoms with E-state index in [1.165, 1.54) is 33.4 Å². The Hall–Kier alpha value is -1.89. The van der Waals surface area contributed by atoms with Crippen LogP contribution in [0, 0.1) is 0 Å². The van der Waals surface area contributed by atoms with Crippen LogP contribution in [0.2, 0.25) is 0 Å². The molecule has 1 rings (SSSR count). The van der Waals surface area contributed by atoms with Crippen LogP contribution >= 0.6 is 0 Å². The van der Waals surface area contributed by atoms with E-state index < -0.39 is 18.9 Å². The van der Waals surface area contributed by atoms with Crippen LogP contribution in [-0.4, -0.2) is 45.3 Å². The average Bonchev–Trinajstić information content (AvgIpc) is 2.42. The molecule has 1 aromatic rings. The number of amides is 1. The third kappa shape index (κ3) is 3.78. The van der Waals surface area contributed by atoms with Gasteiger partial charge >= 0.3 is 0 Å².